The first-order valence-electron chi connectivity index (χ1n) is 9.80. The predicted molar refractivity (Wildman–Crippen MR) is 123 cm³/mol. The minimum absolute atomic E-state index is 0.0226. The number of rotatable bonds is 5. The molecule has 0 spiro atoms. The number of amides is 1. The number of aryl methyl sites for hydroxylation is 1. The summed E-state index contributed by atoms with van der Waals surface area (Å²) in [4.78, 5) is 16.5. The fraction of sp³-hybridized carbons (Fsp3) is 0.0800. The van der Waals surface area contributed by atoms with Gasteiger partial charge in [-0.3, -0.25) is 4.79 Å². The predicted octanol–water partition coefficient (Wildman–Crippen LogP) is 6.45. The molecule has 4 aromatic rings. The highest BCUT2D eigenvalue weighted by Gasteiger charge is 2.19. The molecular formula is C25H18ClFN4O. The highest BCUT2D eigenvalue weighted by molar-refractivity contribution is 6.22. The van der Waals surface area contributed by atoms with Crippen molar-refractivity contribution in [2.45, 2.75) is 12.3 Å². The van der Waals surface area contributed by atoms with E-state index in [2.05, 4.69) is 15.3 Å². The third kappa shape index (κ3) is 4.39. The Morgan fingerprint density at radius 1 is 1.06 bits per heavy atom. The average Bonchev–Trinajstić information content (AvgIpc) is 3.22. The van der Waals surface area contributed by atoms with Gasteiger partial charge in [-0.05, 0) is 48.4 Å². The van der Waals surface area contributed by atoms with Gasteiger partial charge in [-0.15, -0.1) is 11.6 Å². The van der Waals surface area contributed by atoms with E-state index in [0.29, 0.717) is 22.6 Å². The molecule has 32 heavy (non-hydrogen) atoms. The van der Waals surface area contributed by atoms with E-state index in [9.17, 15) is 9.18 Å². The zero-order valence-corrected chi connectivity index (χ0v) is 17.8. The minimum Gasteiger partial charge on any atom is -0.318 e. The van der Waals surface area contributed by atoms with E-state index in [-0.39, 0.29) is 11.4 Å². The van der Waals surface area contributed by atoms with Gasteiger partial charge in [0.15, 0.2) is 5.69 Å². The lowest BCUT2D eigenvalue weighted by molar-refractivity contribution is 0.101. The van der Waals surface area contributed by atoms with Crippen LogP contribution >= 0.6 is 11.6 Å². The van der Waals surface area contributed by atoms with E-state index in [1.165, 1.54) is 16.8 Å². The van der Waals surface area contributed by atoms with Crippen molar-refractivity contribution in [1.29, 1.82) is 0 Å². The first-order valence-corrected chi connectivity index (χ1v) is 10.2. The highest BCUT2D eigenvalue weighted by Crippen LogP contribution is 2.31. The second-order valence-electron chi connectivity index (χ2n) is 7.18. The maximum atomic E-state index is 14.5. The van der Waals surface area contributed by atoms with Crippen molar-refractivity contribution in [1.82, 2.24) is 9.78 Å². The number of anilines is 1. The van der Waals surface area contributed by atoms with E-state index in [1.54, 1.807) is 43.3 Å². The zero-order chi connectivity index (χ0) is 22.7. The van der Waals surface area contributed by atoms with Crippen molar-refractivity contribution >= 4 is 28.9 Å². The summed E-state index contributed by atoms with van der Waals surface area (Å²) in [7, 11) is 0. The van der Waals surface area contributed by atoms with Crippen LogP contribution in [0.25, 0.3) is 10.5 Å². The standard InChI is InChI=1S/C25H18ClFN4O/c1-16-13-23(31(30-16)20-10-6-9-19(15-20)28-2)25(32)29-22-14-18(11-12-21(22)27)24(26)17-7-4-3-5-8-17/h3-15,24H,1H3,(H,29,32). The number of hydrogen-bond donors (Lipinski definition) is 1. The van der Waals surface area contributed by atoms with Crippen molar-refractivity contribution in [2.75, 3.05) is 5.32 Å². The Morgan fingerprint density at radius 2 is 1.84 bits per heavy atom. The molecule has 1 N–H and O–H groups in total. The van der Waals surface area contributed by atoms with Crippen LogP contribution in [0, 0.1) is 19.3 Å². The van der Waals surface area contributed by atoms with Crippen molar-refractivity contribution in [3.05, 3.63) is 119 Å². The molecule has 5 nitrogen and oxygen atoms in total. The average molecular weight is 445 g/mol. The fourth-order valence-electron chi connectivity index (χ4n) is 3.35. The Bertz CT molecular complexity index is 1330. The molecule has 0 radical (unpaired) electrons. The van der Waals surface area contributed by atoms with E-state index < -0.39 is 17.1 Å². The molecule has 4 rings (SSSR count). The Balaban J connectivity index is 1.65. The molecule has 0 saturated heterocycles. The number of carbonyl (C=O) groups is 1. The number of nitrogens with one attached hydrogen (secondary N) is 1. The fourth-order valence-corrected chi connectivity index (χ4v) is 3.63. The normalized spacial score (nSPS) is 11.6. The third-order valence-corrected chi connectivity index (χ3v) is 5.40. The number of hydrogen-bond acceptors (Lipinski definition) is 2. The molecule has 0 saturated carbocycles. The number of alkyl halides is 1. The summed E-state index contributed by atoms with van der Waals surface area (Å²) in [6, 6.07) is 22.2. The second-order valence-corrected chi connectivity index (χ2v) is 7.62. The van der Waals surface area contributed by atoms with Crippen LogP contribution in [-0.2, 0) is 0 Å². The molecule has 1 atom stereocenters. The Labute approximate surface area is 189 Å². The summed E-state index contributed by atoms with van der Waals surface area (Å²) < 4.78 is 16.0. The lowest BCUT2D eigenvalue weighted by Gasteiger charge is -2.14. The summed E-state index contributed by atoms with van der Waals surface area (Å²) in [5.41, 5.74) is 3.37. The number of aromatic nitrogens is 2. The van der Waals surface area contributed by atoms with Gasteiger partial charge in [0.05, 0.1) is 29.0 Å². The minimum atomic E-state index is -0.572. The molecule has 0 aliphatic heterocycles. The molecule has 158 valence electrons. The second kappa shape index (κ2) is 9.04. The first-order chi connectivity index (χ1) is 15.5. The molecular weight excluding hydrogens is 427 g/mol. The molecule has 1 unspecified atom stereocenters. The van der Waals surface area contributed by atoms with Crippen molar-refractivity contribution in [2.24, 2.45) is 0 Å². The molecule has 1 heterocycles. The maximum absolute atomic E-state index is 14.5. The molecule has 0 bridgehead atoms. The van der Waals surface area contributed by atoms with Gasteiger partial charge < -0.3 is 5.32 Å². The van der Waals surface area contributed by atoms with Gasteiger partial charge in [-0.25, -0.2) is 13.9 Å². The van der Waals surface area contributed by atoms with Gasteiger partial charge in [0.2, 0.25) is 0 Å². The van der Waals surface area contributed by atoms with E-state index in [4.69, 9.17) is 18.2 Å². The van der Waals surface area contributed by atoms with Crippen molar-refractivity contribution in [3.8, 4) is 5.69 Å². The lowest BCUT2D eigenvalue weighted by Crippen LogP contribution is -2.18. The summed E-state index contributed by atoms with van der Waals surface area (Å²) in [5, 5.41) is 6.51. The van der Waals surface area contributed by atoms with Crippen LogP contribution in [0.4, 0.5) is 15.8 Å². The molecule has 7 heteroatoms. The Kier molecular flexibility index (Phi) is 6.02. The van der Waals surface area contributed by atoms with Gasteiger partial charge in [0.25, 0.3) is 5.91 Å². The SMILES string of the molecule is [C-]#[N+]c1cccc(-n2nc(C)cc2C(=O)Nc2cc(C(Cl)c3ccccc3)ccc2F)c1. The number of nitrogens with zero attached hydrogens (tertiary/aromatic N) is 3. The molecule has 1 amide bonds. The summed E-state index contributed by atoms with van der Waals surface area (Å²) in [6.45, 7) is 8.95. The lowest BCUT2D eigenvalue weighted by atomic mass is 10.0. The number of benzene rings is 3. The smallest absolute Gasteiger partial charge is 0.274 e. The van der Waals surface area contributed by atoms with Gasteiger partial charge in [-0.1, -0.05) is 48.5 Å². The van der Waals surface area contributed by atoms with Crippen LogP contribution in [0.15, 0.2) is 78.9 Å². The van der Waals surface area contributed by atoms with E-state index in [1.807, 2.05) is 30.3 Å². The van der Waals surface area contributed by atoms with E-state index >= 15 is 0 Å². The van der Waals surface area contributed by atoms with Gasteiger partial charge >= 0.3 is 0 Å². The number of halogens is 2. The summed E-state index contributed by atoms with van der Waals surface area (Å²) >= 11 is 6.57. The molecule has 0 fully saturated rings. The van der Waals surface area contributed by atoms with Crippen LogP contribution in [0.2, 0.25) is 0 Å². The molecule has 3 aromatic carbocycles. The molecule has 1 aromatic heterocycles. The van der Waals surface area contributed by atoms with Gasteiger partial charge in [-0.2, -0.15) is 5.10 Å². The third-order valence-electron chi connectivity index (χ3n) is 4.89. The maximum Gasteiger partial charge on any atom is 0.274 e. The van der Waals surface area contributed by atoms with Crippen LogP contribution in [-0.4, -0.2) is 15.7 Å². The topological polar surface area (TPSA) is 51.3 Å². The monoisotopic (exact) mass is 444 g/mol. The van der Waals surface area contributed by atoms with Crippen LogP contribution in [0.5, 0.6) is 0 Å². The van der Waals surface area contributed by atoms with E-state index in [0.717, 1.165) is 5.56 Å². The first kappa shape index (κ1) is 21.3. The highest BCUT2D eigenvalue weighted by atomic mass is 35.5. The van der Waals surface area contributed by atoms with Gasteiger partial charge in [0.1, 0.15) is 11.5 Å². The van der Waals surface area contributed by atoms with Gasteiger partial charge in [0, 0.05) is 0 Å². The largest absolute Gasteiger partial charge is 0.318 e. The van der Waals surface area contributed by atoms with Crippen molar-refractivity contribution in [3.63, 3.8) is 0 Å². The van der Waals surface area contributed by atoms with Crippen molar-refractivity contribution < 1.29 is 9.18 Å². The van der Waals surface area contributed by atoms with Crippen LogP contribution in [0.3, 0.4) is 0 Å². The van der Waals surface area contributed by atoms with Crippen LogP contribution < -0.4 is 5.32 Å². The molecule has 0 aliphatic carbocycles. The molecule has 0 aliphatic rings. The Morgan fingerprint density at radius 3 is 2.59 bits per heavy atom. The number of carbonyl (C=O) groups excluding carboxylic acids is 1. The zero-order valence-electron chi connectivity index (χ0n) is 17.1. The summed E-state index contributed by atoms with van der Waals surface area (Å²) in [5.74, 6) is -1.10. The van der Waals surface area contributed by atoms with Crippen LogP contribution in [0.1, 0.15) is 32.7 Å². The Hall–Kier alpha value is -3.95. The summed E-state index contributed by atoms with van der Waals surface area (Å²) in [6.07, 6.45) is 0. The quantitative estimate of drug-likeness (QED) is 0.284.